The number of amides is 2. The van der Waals surface area contributed by atoms with E-state index in [9.17, 15) is 19.5 Å². The van der Waals surface area contributed by atoms with Crippen LogP contribution < -0.4 is 5.32 Å². The summed E-state index contributed by atoms with van der Waals surface area (Å²) in [6.45, 7) is 3.14. The average molecular weight is 492 g/mol. The van der Waals surface area contributed by atoms with Crippen molar-refractivity contribution in [3.05, 3.63) is 24.3 Å². The molecular weight excluding hydrogens is 442 g/mol. The number of nitrogens with zero attached hydrogens (tertiary/aromatic N) is 2. The highest BCUT2D eigenvalue weighted by Crippen LogP contribution is 2.21. The molecule has 2 N–H and O–H groups in total. The maximum Gasteiger partial charge on any atom is 0.326 e. The summed E-state index contributed by atoms with van der Waals surface area (Å²) >= 11 is 0. The van der Waals surface area contributed by atoms with Crippen molar-refractivity contribution in [1.82, 2.24) is 15.1 Å². The molecule has 0 bridgehead atoms. The highest BCUT2D eigenvalue weighted by Gasteiger charge is 2.39. The Morgan fingerprint density at radius 3 is 2.17 bits per heavy atom. The molecule has 2 amide bonds. The fourth-order valence-electron chi connectivity index (χ4n) is 4.31. The van der Waals surface area contributed by atoms with Gasteiger partial charge in [0.1, 0.15) is 6.04 Å². The van der Waals surface area contributed by atoms with Gasteiger partial charge in [-0.1, -0.05) is 63.3 Å². The molecule has 0 radical (unpaired) electrons. The molecule has 1 aliphatic rings. The summed E-state index contributed by atoms with van der Waals surface area (Å²) in [5, 5.41) is 12.4. The third-order valence-electron chi connectivity index (χ3n) is 6.40. The van der Waals surface area contributed by atoms with Crippen molar-refractivity contribution in [2.45, 2.75) is 109 Å². The summed E-state index contributed by atoms with van der Waals surface area (Å²) in [6.07, 6.45) is 22.4. The highest BCUT2D eigenvalue weighted by molar-refractivity contribution is 5.85. The summed E-state index contributed by atoms with van der Waals surface area (Å²) < 4.78 is 0. The van der Waals surface area contributed by atoms with Crippen molar-refractivity contribution in [1.29, 1.82) is 0 Å². The van der Waals surface area contributed by atoms with Crippen molar-refractivity contribution >= 4 is 17.8 Å². The molecule has 0 aromatic heterocycles. The van der Waals surface area contributed by atoms with Crippen molar-refractivity contribution in [3.63, 3.8) is 0 Å². The topological polar surface area (TPSA) is 90.0 Å². The molecule has 7 heteroatoms. The predicted molar refractivity (Wildman–Crippen MR) is 142 cm³/mol. The molecule has 1 rings (SSSR count). The van der Waals surface area contributed by atoms with E-state index in [2.05, 4.69) is 36.5 Å². The van der Waals surface area contributed by atoms with Crippen LogP contribution in [0.5, 0.6) is 0 Å². The van der Waals surface area contributed by atoms with Gasteiger partial charge in [0.2, 0.25) is 11.8 Å². The molecule has 0 aromatic rings. The van der Waals surface area contributed by atoms with E-state index < -0.39 is 12.0 Å². The lowest BCUT2D eigenvalue weighted by atomic mass is 10.1. The Bertz CT molecular complexity index is 675. The van der Waals surface area contributed by atoms with Gasteiger partial charge in [-0.2, -0.15) is 0 Å². The summed E-state index contributed by atoms with van der Waals surface area (Å²) in [6, 6.07) is -1.14. The smallest absolute Gasteiger partial charge is 0.326 e. The van der Waals surface area contributed by atoms with Crippen LogP contribution in [0.1, 0.15) is 96.8 Å². The van der Waals surface area contributed by atoms with E-state index >= 15 is 0 Å². The predicted octanol–water partition coefficient (Wildman–Crippen LogP) is 4.92. The van der Waals surface area contributed by atoms with Crippen LogP contribution in [-0.4, -0.2) is 72.0 Å². The Morgan fingerprint density at radius 2 is 1.54 bits per heavy atom. The molecule has 1 saturated heterocycles. The van der Waals surface area contributed by atoms with Crippen LogP contribution >= 0.6 is 0 Å². The molecule has 35 heavy (non-hydrogen) atoms. The zero-order valence-electron chi connectivity index (χ0n) is 22.3. The molecule has 200 valence electrons. The first-order valence-electron chi connectivity index (χ1n) is 13.6. The van der Waals surface area contributed by atoms with Crippen molar-refractivity contribution in [2.24, 2.45) is 0 Å². The zero-order valence-corrected chi connectivity index (χ0v) is 22.3. The van der Waals surface area contributed by atoms with E-state index in [1.165, 1.54) is 30.6 Å². The first-order valence-corrected chi connectivity index (χ1v) is 13.6. The number of carboxylic acid groups (broad SMARTS) is 1. The number of unbranched alkanes of at least 4 members (excludes halogenated alkanes) is 8. The van der Waals surface area contributed by atoms with Gasteiger partial charge in [0.25, 0.3) is 0 Å². The minimum absolute atomic E-state index is 0.101. The van der Waals surface area contributed by atoms with Gasteiger partial charge in [-0.05, 0) is 52.6 Å². The van der Waals surface area contributed by atoms with Crippen LogP contribution in [0.2, 0.25) is 0 Å². The Hall–Kier alpha value is -2.15. The number of hydrogen-bond donors (Lipinski definition) is 2. The second-order valence-corrected chi connectivity index (χ2v) is 9.93. The highest BCUT2D eigenvalue weighted by atomic mass is 16.4. The minimum atomic E-state index is -0.997. The normalized spacial score (nSPS) is 18.2. The molecule has 0 unspecified atom stereocenters. The van der Waals surface area contributed by atoms with Crippen LogP contribution in [-0.2, 0) is 14.4 Å². The quantitative estimate of drug-likeness (QED) is 0.198. The second kappa shape index (κ2) is 19.1. The number of carbonyl (C=O) groups excluding carboxylic acids is 2. The lowest BCUT2D eigenvalue weighted by molar-refractivity contribution is -0.148. The van der Waals surface area contributed by atoms with Gasteiger partial charge in [0.15, 0.2) is 0 Å². The second-order valence-electron chi connectivity index (χ2n) is 9.93. The maximum atomic E-state index is 12.7. The van der Waals surface area contributed by atoms with E-state index in [0.29, 0.717) is 19.4 Å². The van der Waals surface area contributed by atoms with Gasteiger partial charge in [0.05, 0.1) is 0 Å². The number of carbonyl (C=O) groups is 3. The standard InChI is InChI=1S/C28H49N3O4/c1-4-5-6-7-8-9-10-11-12-13-14-15-16-17-18-19-27(33)31-23-24(22-25(31)28(34)35)29-26(32)20-21-30(2)3/h8-9,11-12,24-25H,4-7,10,13-23H2,1-3H3,(H,29,32)(H,34,35)/t24-,25+/m1/s1. The van der Waals surface area contributed by atoms with Gasteiger partial charge >= 0.3 is 5.97 Å². The fraction of sp³-hybridized carbons (Fsp3) is 0.750. The molecule has 0 aliphatic carbocycles. The van der Waals surface area contributed by atoms with Crippen molar-refractivity contribution in [2.75, 3.05) is 27.2 Å². The SMILES string of the molecule is CCCCCC=CCC=CCCCCCCCC(=O)N1C[C@H](NC(=O)CCN(C)C)C[C@H]1C(=O)O. The number of hydrogen-bond acceptors (Lipinski definition) is 4. The van der Waals surface area contributed by atoms with E-state index in [0.717, 1.165) is 44.9 Å². The minimum Gasteiger partial charge on any atom is -0.480 e. The molecule has 1 fully saturated rings. The number of rotatable bonds is 19. The maximum absolute atomic E-state index is 12.7. The fourth-order valence-corrected chi connectivity index (χ4v) is 4.31. The molecule has 0 spiro atoms. The number of carboxylic acids is 1. The third kappa shape index (κ3) is 14.8. The summed E-state index contributed by atoms with van der Waals surface area (Å²) in [5.74, 6) is -1.22. The van der Waals surface area contributed by atoms with E-state index in [-0.39, 0.29) is 30.8 Å². The summed E-state index contributed by atoms with van der Waals surface area (Å²) in [7, 11) is 3.80. The number of aliphatic carboxylic acids is 1. The molecule has 1 aliphatic heterocycles. The Morgan fingerprint density at radius 1 is 0.914 bits per heavy atom. The molecule has 0 aromatic carbocycles. The van der Waals surface area contributed by atoms with Gasteiger partial charge in [-0.3, -0.25) is 9.59 Å². The van der Waals surface area contributed by atoms with Gasteiger partial charge in [-0.15, -0.1) is 0 Å². The van der Waals surface area contributed by atoms with E-state index in [1.54, 1.807) is 0 Å². The van der Waals surface area contributed by atoms with Crippen LogP contribution in [0, 0.1) is 0 Å². The number of likely N-dealkylation sites (tertiary alicyclic amines) is 1. The number of nitrogens with one attached hydrogen (secondary N) is 1. The summed E-state index contributed by atoms with van der Waals surface area (Å²) in [4.78, 5) is 39.8. The Labute approximate surface area is 213 Å². The lowest BCUT2D eigenvalue weighted by Crippen LogP contribution is -2.41. The average Bonchev–Trinajstić information content (AvgIpc) is 3.24. The van der Waals surface area contributed by atoms with Gasteiger partial charge in [-0.25, -0.2) is 4.79 Å². The van der Waals surface area contributed by atoms with E-state index in [1.807, 2.05) is 19.0 Å². The van der Waals surface area contributed by atoms with Gasteiger partial charge < -0.3 is 20.2 Å². The van der Waals surface area contributed by atoms with E-state index in [4.69, 9.17) is 0 Å². The number of allylic oxidation sites excluding steroid dienone is 4. The molecule has 0 saturated carbocycles. The Balaban J connectivity index is 2.17. The monoisotopic (exact) mass is 491 g/mol. The van der Waals surface area contributed by atoms with Crippen LogP contribution in [0.3, 0.4) is 0 Å². The first-order chi connectivity index (χ1) is 16.8. The van der Waals surface area contributed by atoms with Crippen LogP contribution in [0.15, 0.2) is 24.3 Å². The molecule has 1 heterocycles. The molecular formula is C28H49N3O4. The third-order valence-corrected chi connectivity index (χ3v) is 6.40. The zero-order chi connectivity index (χ0) is 25.9. The van der Waals surface area contributed by atoms with Crippen LogP contribution in [0.25, 0.3) is 0 Å². The van der Waals surface area contributed by atoms with Gasteiger partial charge in [0, 0.05) is 38.4 Å². The van der Waals surface area contributed by atoms with Crippen molar-refractivity contribution in [3.8, 4) is 0 Å². The summed E-state index contributed by atoms with van der Waals surface area (Å²) in [5.41, 5.74) is 0. The largest absolute Gasteiger partial charge is 0.480 e. The molecule has 2 atom stereocenters. The van der Waals surface area contributed by atoms with Crippen LogP contribution in [0.4, 0.5) is 0 Å². The molecule has 7 nitrogen and oxygen atoms in total. The lowest BCUT2D eigenvalue weighted by Gasteiger charge is -2.21. The first kappa shape index (κ1) is 30.9. The Kier molecular flexibility index (Phi) is 16.8. The van der Waals surface area contributed by atoms with Crippen molar-refractivity contribution < 1.29 is 19.5 Å².